The molecule has 0 saturated carbocycles. The highest BCUT2D eigenvalue weighted by molar-refractivity contribution is 7.99. The second-order valence-corrected chi connectivity index (χ2v) is 6.83. The van der Waals surface area contributed by atoms with Crippen LogP contribution >= 0.6 is 11.8 Å². The van der Waals surface area contributed by atoms with Crippen LogP contribution in [0.2, 0.25) is 0 Å². The number of carboxylic acid groups (broad SMARTS) is 1. The normalized spacial score (nSPS) is 19.2. The predicted molar refractivity (Wildman–Crippen MR) is 96.2 cm³/mol. The van der Waals surface area contributed by atoms with Crippen LogP contribution in [0.5, 0.6) is 11.5 Å². The summed E-state index contributed by atoms with van der Waals surface area (Å²) in [6, 6.07) is 13.1. The van der Waals surface area contributed by atoms with E-state index in [0.29, 0.717) is 17.1 Å². The van der Waals surface area contributed by atoms with E-state index in [-0.39, 0.29) is 17.0 Å². The minimum absolute atomic E-state index is 0.279. The van der Waals surface area contributed by atoms with E-state index in [1.54, 1.807) is 18.2 Å². The molecule has 0 N–H and O–H groups in total. The fraction of sp³-hybridized carbons (Fsp3) is 0.263. The summed E-state index contributed by atoms with van der Waals surface area (Å²) < 4.78 is 10.4. The molecular formula is C19H18NO5S-. The number of benzene rings is 2. The van der Waals surface area contributed by atoms with Crippen molar-refractivity contribution in [3.05, 3.63) is 59.7 Å². The number of carboxylic acids is 1. The highest BCUT2D eigenvalue weighted by atomic mass is 32.2. The van der Waals surface area contributed by atoms with Gasteiger partial charge in [-0.1, -0.05) is 30.3 Å². The molecule has 0 unspecified atom stereocenters. The molecule has 7 heteroatoms. The SMILES string of the molecule is COc1ccc(C(=O)N2[C@@H](c3ccccc3)SC[C@H]2C(=O)[O-])cc1OC. The summed E-state index contributed by atoms with van der Waals surface area (Å²) >= 11 is 1.41. The molecule has 0 spiro atoms. The molecule has 0 radical (unpaired) electrons. The average Bonchev–Trinajstić information content (AvgIpc) is 3.13. The third-order valence-electron chi connectivity index (χ3n) is 4.22. The quantitative estimate of drug-likeness (QED) is 0.795. The summed E-state index contributed by atoms with van der Waals surface area (Å²) in [7, 11) is 2.99. The van der Waals surface area contributed by atoms with Gasteiger partial charge in [0.05, 0.1) is 26.2 Å². The number of thioether (sulfide) groups is 1. The summed E-state index contributed by atoms with van der Waals surface area (Å²) in [4.78, 5) is 26.1. The number of carbonyl (C=O) groups excluding carboxylic acids is 2. The van der Waals surface area contributed by atoms with Crippen molar-refractivity contribution in [3.63, 3.8) is 0 Å². The molecule has 3 rings (SSSR count). The Kier molecular flexibility index (Phi) is 5.37. The van der Waals surface area contributed by atoms with E-state index in [1.165, 1.54) is 30.9 Å². The van der Waals surface area contributed by atoms with Gasteiger partial charge >= 0.3 is 0 Å². The van der Waals surface area contributed by atoms with Crippen molar-refractivity contribution in [2.75, 3.05) is 20.0 Å². The van der Waals surface area contributed by atoms with E-state index >= 15 is 0 Å². The second kappa shape index (κ2) is 7.70. The van der Waals surface area contributed by atoms with Gasteiger partial charge in [0.2, 0.25) is 0 Å². The van der Waals surface area contributed by atoms with Crippen molar-refractivity contribution in [3.8, 4) is 11.5 Å². The molecule has 26 heavy (non-hydrogen) atoms. The van der Waals surface area contributed by atoms with Crippen molar-refractivity contribution >= 4 is 23.6 Å². The van der Waals surface area contributed by atoms with Crippen molar-refractivity contribution in [1.82, 2.24) is 4.90 Å². The Morgan fingerprint density at radius 2 is 1.77 bits per heavy atom. The molecule has 1 amide bonds. The second-order valence-electron chi connectivity index (χ2n) is 5.71. The number of rotatable bonds is 5. The van der Waals surface area contributed by atoms with Gasteiger partial charge in [-0.15, -0.1) is 11.8 Å². The molecule has 0 aromatic heterocycles. The zero-order chi connectivity index (χ0) is 18.7. The molecule has 2 aromatic rings. The van der Waals surface area contributed by atoms with Gasteiger partial charge in [-0.3, -0.25) is 4.79 Å². The molecule has 6 nitrogen and oxygen atoms in total. The van der Waals surface area contributed by atoms with Gasteiger partial charge in [-0.05, 0) is 23.8 Å². The molecule has 1 heterocycles. The highest BCUT2D eigenvalue weighted by Crippen LogP contribution is 2.42. The fourth-order valence-corrected chi connectivity index (χ4v) is 4.34. The molecule has 2 aromatic carbocycles. The van der Waals surface area contributed by atoms with Crippen LogP contribution in [0.25, 0.3) is 0 Å². The maximum Gasteiger partial charge on any atom is 0.255 e. The monoisotopic (exact) mass is 372 g/mol. The Bertz CT molecular complexity index is 811. The van der Waals surface area contributed by atoms with Crippen molar-refractivity contribution < 1.29 is 24.2 Å². The van der Waals surface area contributed by atoms with E-state index < -0.39 is 12.0 Å². The van der Waals surface area contributed by atoms with Crippen LogP contribution in [0.4, 0.5) is 0 Å². The van der Waals surface area contributed by atoms with Crippen LogP contribution in [-0.2, 0) is 4.79 Å². The molecule has 1 saturated heterocycles. The Morgan fingerprint density at radius 1 is 1.08 bits per heavy atom. The molecule has 1 fully saturated rings. The Balaban J connectivity index is 1.99. The highest BCUT2D eigenvalue weighted by Gasteiger charge is 2.39. The summed E-state index contributed by atoms with van der Waals surface area (Å²) in [6.07, 6.45) is 0. The minimum Gasteiger partial charge on any atom is -0.548 e. The molecule has 2 atom stereocenters. The molecular weight excluding hydrogens is 354 g/mol. The van der Waals surface area contributed by atoms with Gasteiger partial charge in [0, 0.05) is 11.3 Å². The number of amides is 1. The van der Waals surface area contributed by atoms with Crippen molar-refractivity contribution in [1.29, 1.82) is 0 Å². The van der Waals surface area contributed by atoms with Crippen LogP contribution in [0.3, 0.4) is 0 Å². The number of methoxy groups -OCH3 is 2. The largest absolute Gasteiger partial charge is 0.548 e. The first-order valence-corrected chi connectivity index (χ1v) is 9.03. The Morgan fingerprint density at radius 3 is 2.38 bits per heavy atom. The van der Waals surface area contributed by atoms with E-state index in [0.717, 1.165) is 5.56 Å². The summed E-state index contributed by atoms with van der Waals surface area (Å²) in [5, 5.41) is 11.2. The van der Waals surface area contributed by atoms with Gasteiger partial charge in [-0.2, -0.15) is 0 Å². The maximum atomic E-state index is 13.1. The van der Waals surface area contributed by atoms with Crippen molar-refractivity contribution in [2.24, 2.45) is 0 Å². The fourth-order valence-electron chi connectivity index (χ4n) is 2.93. The van der Waals surface area contributed by atoms with Crippen LogP contribution in [-0.4, -0.2) is 42.8 Å². The number of ether oxygens (including phenoxy) is 2. The summed E-state index contributed by atoms with van der Waals surface area (Å²) in [5.74, 6) is -0.466. The summed E-state index contributed by atoms with van der Waals surface area (Å²) in [5.41, 5.74) is 1.20. The zero-order valence-corrected chi connectivity index (χ0v) is 15.2. The lowest BCUT2D eigenvalue weighted by atomic mass is 10.1. The number of aliphatic carboxylic acids is 1. The van der Waals surface area contributed by atoms with Gasteiger partial charge in [0.25, 0.3) is 5.91 Å². The van der Waals surface area contributed by atoms with Gasteiger partial charge in [0.1, 0.15) is 5.37 Å². The zero-order valence-electron chi connectivity index (χ0n) is 14.4. The minimum atomic E-state index is -1.26. The maximum absolute atomic E-state index is 13.1. The Hall–Kier alpha value is -2.67. The van der Waals surface area contributed by atoms with E-state index in [9.17, 15) is 14.7 Å². The number of hydrogen-bond donors (Lipinski definition) is 0. The smallest absolute Gasteiger partial charge is 0.255 e. The topological polar surface area (TPSA) is 78.9 Å². The summed E-state index contributed by atoms with van der Waals surface area (Å²) in [6.45, 7) is 0. The molecule has 0 bridgehead atoms. The van der Waals surface area contributed by atoms with E-state index in [4.69, 9.17) is 9.47 Å². The first kappa shape index (κ1) is 18.1. The van der Waals surface area contributed by atoms with Crippen molar-refractivity contribution in [2.45, 2.75) is 11.4 Å². The lowest BCUT2D eigenvalue weighted by Crippen LogP contribution is -2.49. The third-order valence-corrected chi connectivity index (χ3v) is 5.55. The average molecular weight is 372 g/mol. The number of carbonyl (C=O) groups is 2. The van der Waals surface area contributed by atoms with Crippen LogP contribution in [0.15, 0.2) is 48.5 Å². The first-order valence-electron chi connectivity index (χ1n) is 7.99. The number of hydrogen-bond acceptors (Lipinski definition) is 6. The Labute approximate surface area is 155 Å². The lowest BCUT2D eigenvalue weighted by Gasteiger charge is -2.30. The van der Waals surface area contributed by atoms with Crippen LogP contribution in [0.1, 0.15) is 21.3 Å². The molecule has 1 aliphatic heterocycles. The first-order chi connectivity index (χ1) is 12.6. The predicted octanol–water partition coefficient (Wildman–Crippen LogP) is 1.71. The van der Waals surface area contributed by atoms with Crippen LogP contribution < -0.4 is 14.6 Å². The molecule has 136 valence electrons. The van der Waals surface area contributed by atoms with Crippen LogP contribution in [0, 0.1) is 0 Å². The molecule has 0 aliphatic carbocycles. The van der Waals surface area contributed by atoms with E-state index in [2.05, 4.69) is 0 Å². The molecule has 1 aliphatic rings. The van der Waals surface area contributed by atoms with Gasteiger partial charge in [0.15, 0.2) is 11.5 Å². The number of nitrogens with zero attached hydrogens (tertiary/aromatic N) is 1. The third kappa shape index (κ3) is 3.35. The lowest BCUT2D eigenvalue weighted by molar-refractivity contribution is -0.310. The van der Waals surface area contributed by atoms with Gasteiger partial charge in [-0.25, -0.2) is 0 Å². The van der Waals surface area contributed by atoms with Gasteiger partial charge < -0.3 is 24.3 Å². The standard InChI is InChI=1S/C19H19NO5S/c1-24-15-9-8-13(10-16(15)25-2)17(21)20-14(19(22)23)11-26-18(20)12-6-4-3-5-7-12/h3-10,14,18H,11H2,1-2H3,(H,22,23)/p-1/t14-,18+/m0/s1. The van der Waals surface area contributed by atoms with E-state index in [1.807, 2.05) is 30.3 Å².